The van der Waals surface area contributed by atoms with Gasteiger partial charge in [-0.2, -0.15) is 0 Å². The van der Waals surface area contributed by atoms with Crippen LogP contribution in [0.25, 0.3) is 0 Å². The first kappa shape index (κ1) is 17.0. The maximum absolute atomic E-state index is 12.4. The van der Waals surface area contributed by atoms with Gasteiger partial charge in [0, 0.05) is 32.2 Å². The highest BCUT2D eigenvalue weighted by Gasteiger charge is 2.32. The van der Waals surface area contributed by atoms with Crippen LogP contribution in [0.4, 0.5) is 4.79 Å². The molecule has 3 rings (SSSR count). The van der Waals surface area contributed by atoms with E-state index in [0.29, 0.717) is 12.5 Å². The number of carbonyl (C=O) groups is 1. The minimum Gasteiger partial charge on any atom is -0.391 e. The van der Waals surface area contributed by atoms with Crippen LogP contribution in [0.2, 0.25) is 0 Å². The molecule has 2 atom stereocenters. The van der Waals surface area contributed by atoms with Gasteiger partial charge in [-0.25, -0.2) is 4.79 Å². The van der Waals surface area contributed by atoms with Crippen molar-refractivity contribution in [3.05, 3.63) is 0 Å². The average molecular weight is 323 g/mol. The number of amides is 2. The monoisotopic (exact) mass is 323 g/mol. The van der Waals surface area contributed by atoms with Crippen LogP contribution in [0.5, 0.6) is 0 Å². The third-order valence-electron chi connectivity index (χ3n) is 5.85. The number of hydrogen-bond donors (Lipinski definition) is 2. The zero-order chi connectivity index (χ0) is 16.2. The molecule has 2 N–H and O–H groups in total. The molecule has 3 fully saturated rings. The number of nitrogens with zero attached hydrogens (tertiary/aromatic N) is 2. The summed E-state index contributed by atoms with van der Waals surface area (Å²) < 4.78 is 0. The third-order valence-corrected chi connectivity index (χ3v) is 5.85. The lowest BCUT2D eigenvalue weighted by molar-refractivity contribution is 0.0991. The molecule has 2 saturated carbocycles. The molecule has 132 valence electrons. The normalized spacial score (nSPS) is 28.3. The summed E-state index contributed by atoms with van der Waals surface area (Å²) in [4.78, 5) is 16.6. The van der Waals surface area contributed by atoms with Gasteiger partial charge in [0.15, 0.2) is 0 Å². The number of likely N-dealkylation sites (N-methyl/N-ethyl adjacent to an activating group) is 1. The van der Waals surface area contributed by atoms with Crippen LogP contribution >= 0.6 is 0 Å². The Bertz CT molecular complexity index is 394. The number of hydrogen-bond acceptors (Lipinski definition) is 3. The highest BCUT2D eigenvalue weighted by Crippen LogP contribution is 2.32. The average Bonchev–Trinajstić information content (AvgIpc) is 3.41. The predicted molar refractivity (Wildman–Crippen MR) is 91.4 cm³/mol. The van der Waals surface area contributed by atoms with Crippen LogP contribution in [-0.2, 0) is 0 Å². The van der Waals surface area contributed by atoms with E-state index in [0.717, 1.165) is 31.8 Å². The molecule has 1 aliphatic heterocycles. The summed E-state index contributed by atoms with van der Waals surface area (Å²) in [6, 6.07) is 0.969. The maximum Gasteiger partial charge on any atom is 0.317 e. The number of piperidine rings is 1. The van der Waals surface area contributed by atoms with Gasteiger partial charge in [-0.05, 0) is 51.0 Å². The molecule has 0 aromatic carbocycles. The lowest BCUT2D eigenvalue weighted by atomic mass is 9.92. The van der Waals surface area contributed by atoms with Crippen molar-refractivity contribution >= 4 is 6.03 Å². The first-order valence-corrected chi connectivity index (χ1v) is 9.57. The summed E-state index contributed by atoms with van der Waals surface area (Å²) in [7, 11) is 1.79. The van der Waals surface area contributed by atoms with Crippen LogP contribution in [0.15, 0.2) is 0 Å². The fourth-order valence-corrected chi connectivity index (χ4v) is 4.18. The zero-order valence-electron chi connectivity index (χ0n) is 14.5. The smallest absolute Gasteiger partial charge is 0.317 e. The molecule has 1 heterocycles. The van der Waals surface area contributed by atoms with Crippen LogP contribution < -0.4 is 5.32 Å². The van der Waals surface area contributed by atoms with Crippen molar-refractivity contribution in [1.82, 2.24) is 15.1 Å². The third kappa shape index (κ3) is 4.83. The quantitative estimate of drug-likeness (QED) is 0.815. The van der Waals surface area contributed by atoms with E-state index in [-0.39, 0.29) is 18.2 Å². The largest absolute Gasteiger partial charge is 0.391 e. The number of nitrogens with one attached hydrogen (secondary N) is 1. The molecule has 2 amide bonds. The van der Waals surface area contributed by atoms with E-state index < -0.39 is 0 Å². The van der Waals surface area contributed by atoms with Crippen LogP contribution in [0.3, 0.4) is 0 Å². The Labute approximate surface area is 140 Å². The van der Waals surface area contributed by atoms with Gasteiger partial charge in [-0.1, -0.05) is 19.3 Å². The Hall–Kier alpha value is -0.810. The molecule has 1 saturated heterocycles. The molecule has 2 aliphatic carbocycles. The standard InChI is InChI=1S/C18H33N3O2/c1-20(13-17(22)14-9-10-14)18(23)19-15-6-5-11-21(12-15)16-7-3-2-4-8-16/h14-17,22H,2-13H2,1H3,(H,19,23)/t15-,17-/m0/s1. The summed E-state index contributed by atoms with van der Waals surface area (Å²) in [5, 5.41) is 13.2. The van der Waals surface area contributed by atoms with Gasteiger partial charge in [-0.15, -0.1) is 0 Å². The van der Waals surface area contributed by atoms with Crippen molar-refractivity contribution < 1.29 is 9.90 Å². The van der Waals surface area contributed by atoms with Crippen LogP contribution in [-0.4, -0.2) is 65.8 Å². The molecule has 5 nitrogen and oxygen atoms in total. The molecule has 0 bridgehead atoms. The van der Waals surface area contributed by atoms with E-state index in [1.807, 2.05) is 0 Å². The van der Waals surface area contributed by atoms with E-state index in [2.05, 4.69) is 10.2 Å². The van der Waals surface area contributed by atoms with Gasteiger partial charge in [0.2, 0.25) is 0 Å². The summed E-state index contributed by atoms with van der Waals surface area (Å²) in [5.41, 5.74) is 0. The van der Waals surface area contributed by atoms with Crippen molar-refractivity contribution in [3.63, 3.8) is 0 Å². The summed E-state index contributed by atoms with van der Waals surface area (Å²) in [6.07, 6.45) is 10.9. The molecule has 0 aromatic rings. The fraction of sp³-hybridized carbons (Fsp3) is 0.944. The highest BCUT2D eigenvalue weighted by molar-refractivity contribution is 5.74. The maximum atomic E-state index is 12.4. The molecule has 23 heavy (non-hydrogen) atoms. The van der Waals surface area contributed by atoms with Crippen molar-refractivity contribution in [3.8, 4) is 0 Å². The van der Waals surface area contributed by atoms with E-state index in [9.17, 15) is 9.90 Å². The second-order valence-corrected chi connectivity index (χ2v) is 7.86. The van der Waals surface area contributed by atoms with Crippen molar-refractivity contribution in [2.45, 2.75) is 76.0 Å². The van der Waals surface area contributed by atoms with Crippen molar-refractivity contribution in [2.24, 2.45) is 5.92 Å². The summed E-state index contributed by atoms with van der Waals surface area (Å²) in [6.45, 7) is 2.64. The van der Waals surface area contributed by atoms with E-state index in [1.54, 1.807) is 11.9 Å². The van der Waals surface area contributed by atoms with Crippen LogP contribution in [0.1, 0.15) is 57.8 Å². The number of carbonyl (C=O) groups excluding carboxylic acids is 1. The molecule has 0 radical (unpaired) electrons. The number of urea groups is 1. The first-order chi connectivity index (χ1) is 11.1. The van der Waals surface area contributed by atoms with E-state index in [1.165, 1.54) is 45.1 Å². The minimum absolute atomic E-state index is 0.0276. The minimum atomic E-state index is -0.351. The number of aliphatic hydroxyl groups is 1. The number of aliphatic hydroxyl groups excluding tert-OH is 1. The molecule has 0 unspecified atom stereocenters. The second-order valence-electron chi connectivity index (χ2n) is 7.86. The Balaban J connectivity index is 1.43. The Morgan fingerprint density at radius 1 is 1.17 bits per heavy atom. The molecule has 0 spiro atoms. The van der Waals surface area contributed by atoms with Gasteiger partial charge in [0.25, 0.3) is 0 Å². The molecule has 0 aromatic heterocycles. The Morgan fingerprint density at radius 3 is 2.61 bits per heavy atom. The van der Waals surface area contributed by atoms with Crippen molar-refractivity contribution in [1.29, 1.82) is 0 Å². The Kier molecular flexibility index (Phi) is 5.81. The van der Waals surface area contributed by atoms with Gasteiger partial charge in [-0.3, -0.25) is 4.90 Å². The van der Waals surface area contributed by atoms with Gasteiger partial charge in [0.1, 0.15) is 0 Å². The SMILES string of the molecule is CN(C[C@H](O)C1CC1)C(=O)N[C@H]1CCCN(C2CCCCC2)C1. The topological polar surface area (TPSA) is 55.8 Å². The van der Waals surface area contributed by atoms with E-state index in [4.69, 9.17) is 0 Å². The molecular formula is C18H33N3O2. The lowest BCUT2D eigenvalue weighted by Crippen LogP contribution is -2.54. The Morgan fingerprint density at radius 2 is 1.91 bits per heavy atom. The number of likely N-dealkylation sites (tertiary alicyclic amines) is 1. The predicted octanol–water partition coefficient (Wildman–Crippen LogP) is 2.20. The lowest BCUT2D eigenvalue weighted by Gasteiger charge is -2.40. The van der Waals surface area contributed by atoms with Crippen LogP contribution in [0, 0.1) is 5.92 Å². The summed E-state index contributed by atoms with van der Waals surface area (Å²) in [5.74, 6) is 0.418. The number of rotatable bonds is 5. The second kappa shape index (κ2) is 7.84. The molecule has 3 aliphatic rings. The highest BCUT2D eigenvalue weighted by atomic mass is 16.3. The van der Waals surface area contributed by atoms with E-state index >= 15 is 0 Å². The van der Waals surface area contributed by atoms with Gasteiger partial charge >= 0.3 is 6.03 Å². The summed E-state index contributed by atoms with van der Waals surface area (Å²) >= 11 is 0. The zero-order valence-corrected chi connectivity index (χ0v) is 14.5. The fourth-order valence-electron chi connectivity index (χ4n) is 4.18. The molecular weight excluding hydrogens is 290 g/mol. The van der Waals surface area contributed by atoms with Crippen molar-refractivity contribution in [2.75, 3.05) is 26.7 Å². The molecule has 5 heteroatoms. The van der Waals surface area contributed by atoms with Gasteiger partial charge in [0.05, 0.1) is 6.10 Å². The first-order valence-electron chi connectivity index (χ1n) is 9.57. The van der Waals surface area contributed by atoms with Gasteiger partial charge < -0.3 is 15.3 Å².